The van der Waals surface area contributed by atoms with Crippen LogP contribution in [0.15, 0.2) is 51.8 Å². The molecule has 1 aliphatic carbocycles. The summed E-state index contributed by atoms with van der Waals surface area (Å²) in [6, 6.07) is 11.9. The van der Waals surface area contributed by atoms with Crippen LogP contribution in [-0.4, -0.2) is 20.9 Å². The van der Waals surface area contributed by atoms with Crippen molar-refractivity contribution >= 4 is 43.2 Å². The Morgan fingerprint density at radius 1 is 1.12 bits per heavy atom. The highest BCUT2D eigenvalue weighted by Gasteiger charge is 2.36. The first-order valence-electron chi connectivity index (χ1n) is 8.17. The van der Waals surface area contributed by atoms with Crippen molar-refractivity contribution in [3.63, 3.8) is 0 Å². The van der Waals surface area contributed by atoms with Crippen LogP contribution in [0.2, 0.25) is 0 Å². The number of anilines is 2. The number of hydrogen-bond donors (Lipinski definition) is 1. The largest absolute Gasteiger partial charge is 0.312 e. The van der Waals surface area contributed by atoms with Crippen LogP contribution in [0.4, 0.5) is 11.4 Å². The maximum atomic E-state index is 12.5. The average Bonchev–Trinajstić information content (AvgIpc) is 3.34. The number of fused-ring (bicyclic) bond motifs is 1. The van der Waals surface area contributed by atoms with Crippen LogP contribution >= 0.6 is 15.9 Å². The highest BCUT2D eigenvalue weighted by molar-refractivity contribution is 9.10. The van der Waals surface area contributed by atoms with Gasteiger partial charge in [-0.1, -0.05) is 22.0 Å². The number of hydrogen-bond acceptors (Lipinski definition) is 3. The fourth-order valence-corrected chi connectivity index (χ4v) is 4.36. The second-order valence-corrected chi connectivity index (χ2v) is 9.02. The van der Waals surface area contributed by atoms with Crippen molar-refractivity contribution in [3.05, 3.63) is 52.5 Å². The second-order valence-electron chi connectivity index (χ2n) is 6.42. The molecule has 2 aromatic rings. The number of amides is 1. The molecular weight excluding hydrogens is 404 g/mol. The molecule has 1 aliphatic heterocycles. The molecule has 1 amide bonds. The number of nitrogens with zero attached hydrogens (tertiary/aromatic N) is 1. The van der Waals surface area contributed by atoms with Gasteiger partial charge in [-0.3, -0.25) is 9.52 Å². The summed E-state index contributed by atoms with van der Waals surface area (Å²) in [5.74, 6) is 0.306. The number of rotatable bonds is 4. The van der Waals surface area contributed by atoms with Crippen molar-refractivity contribution < 1.29 is 13.2 Å². The van der Waals surface area contributed by atoms with Gasteiger partial charge in [0.05, 0.1) is 10.6 Å². The molecule has 25 heavy (non-hydrogen) atoms. The monoisotopic (exact) mass is 420 g/mol. The Labute approximate surface area is 155 Å². The fourth-order valence-electron chi connectivity index (χ4n) is 3.05. The quantitative estimate of drug-likeness (QED) is 0.821. The Hall–Kier alpha value is -1.86. The number of nitrogens with one attached hydrogen (secondary N) is 1. The minimum Gasteiger partial charge on any atom is -0.312 e. The third kappa shape index (κ3) is 3.30. The minimum atomic E-state index is -3.66. The summed E-state index contributed by atoms with van der Waals surface area (Å²) in [5, 5.41) is 0. The van der Waals surface area contributed by atoms with E-state index in [1.165, 1.54) is 0 Å². The maximum absolute atomic E-state index is 12.5. The summed E-state index contributed by atoms with van der Waals surface area (Å²) < 4.78 is 28.5. The van der Waals surface area contributed by atoms with E-state index in [1.54, 1.807) is 41.3 Å². The van der Waals surface area contributed by atoms with Crippen LogP contribution in [0.25, 0.3) is 0 Å². The highest BCUT2D eigenvalue weighted by Crippen LogP contribution is 2.37. The van der Waals surface area contributed by atoms with Gasteiger partial charge in [-0.25, -0.2) is 8.42 Å². The summed E-state index contributed by atoms with van der Waals surface area (Å²) in [6.45, 7) is 0.674. The van der Waals surface area contributed by atoms with Gasteiger partial charge in [0.1, 0.15) is 0 Å². The zero-order valence-electron chi connectivity index (χ0n) is 13.4. The Bertz CT molecular complexity index is 937. The predicted molar refractivity (Wildman–Crippen MR) is 100 cm³/mol. The van der Waals surface area contributed by atoms with E-state index in [0.29, 0.717) is 12.2 Å². The molecule has 1 saturated carbocycles. The van der Waals surface area contributed by atoms with Crippen LogP contribution in [-0.2, 0) is 21.2 Å². The van der Waals surface area contributed by atoms with E-state index in [2.05, 4.69) is 20.7 Å². The third-order valence-corrected chi connectivity index (χ3v) is 6.48. The molecule has 1 fully saturated rings. The summed E-state index contributed by atoms with van der Waals surface area (Å²) in [6.07, 6.45) is 2.73. The molecule has 5 nitrogen and oxygen atoms in total. The summed E-state index contributed by atoms with van der Waals surface area (Å²) in [5.41, 5.74) is 2.38. The zero-order valence-corrected chi connectivity index (χ0v) is 15.8. The van der Waals surface area contributed by atoms with Crippen LogP contribution < -0.4 is 9.62 Å². The SMILES string of the molecule is O=C(C1CC1)N1CCc2ccc(NS(=O)(=O)c3ccc(Br)cc3)cc21. The smallest absolute Gasteiger partial charge is 0.261 e. The van der Waals surface area contributed by atoms with Crippen LogP contribution in [0.1, 0.15) is 18.4 Å². The van der Waals surface area contributed by atoms with Gasteiger partial charge in [0.15, 0.2) is 0 Å². The van der Waals surface area contributed by atoms with Crippen molar-refractivity contribution in [2.45, 2.75) is 24.2 Å². The van der Waals surface area contributed by atoms with Crippen molar-refractivity contribution in [1.82, 2.24) is 0 Å². The van der Waals surface area contributed by atoms with E-state index in [4.69, 9.17) is 0 Å². The minimum absolute atomic E-state index is 0.147. The van der Waals surface area contributed by atoms with Gasteiger partial charge >= 0.3 is 0 Å². The molecule has 0 unspecified atom stereocenters. The van der Waals surface area contributed by atoms with E-state index in [-0.39, 0.29) is 16.7 Å². The molecule has 0 bridgehead atoms. The number of carbonyl (C=O) groups excluding carboxylic acids is 1. The van der Waals surface area contributed by atoms with Crippen LogP contribution in [0, 0.1) is 5.92 Å². The van der Waals surface area contributed by atoms with Crippen LogP contribution in [0.5, 0.6) is 0 Å². The van der Waals surface area contributed by atoms with E-state index >= 15 is 0 Å². The van der Waals surface area contributed by atoms with Crippen molar-refractivity contribution in [2.24, 2.45) is 5.92 Å². The van der Waals surface area contributed by atoms with Gasteiger partial charge in [0.25, 0.3) is 10.0 Å². The Kier molecular flexibility index (Phi) is 4.08. The lowest BCUT2D eigenvalue weighted by Gasteiger charge is -2.18. The normalized spacial score (nSPS) is 16.6. The first-order valence-corrected chi connectivity index (χ1v) is 10.4. The summed E-state index contributed by atoms with van der Waals surface area (Å²) in [7, 11) is -3.66. The second kappa shape index (κ2) is 6.14. The number of benzene rings is 2. The van der Waals surface area contributed by atoms with Crippen molar-refractivity contribution in [3.8, 4) is 0 Å². The molecule has 1 N–H and O–H groups in total. The molecule has 0 saturated heterocycles. The van der Waals surface area contributed by atoms with E-state index in [0.717, 1.165) is 35.0 Å². The molecule has 2 aliphatic rings. The lowest BCUT2D eigenvalue weighted by atomic mass is 10.1. The average molecular weight is 421 g/mol. The standard InChI is InChI=1S/C18H17BrN2O3S/c19-14-4-7-16(8-5-14)25(23,24)20-15-6-3-12-9-10-21(17(12)11-15)18(22)13-1-2-13/h3-8,11,13,20H,1-2,9-10H2. The third-order valence-electron chi connectivity index (χ3n) is 4.55. The molecule has 130 valence electrons. The van der Waals surface area contributed by atoms with E-state index in [1.807, 2.05) is 6.07 Å². The van der Waals surface area contributed by atoms with Gasteiger partial charge in [0, 0.05) is 22.6 Å². The van der Waals surface area contributed by atoms with E-state index < -0.39 is 10.0 Å². The van der Waals surface area contributed by atoms with Crippen molar-refractivity contribution in [1.29, 1.82) is 0 Å². The Morgan fingerprint density at radius 2 is 1.84 bits per heavy atom. The topological polar surface area (TPSA) is 66.5 Å². The van der Waals surface area contributed by atoms with Gasteiger partial charge in [0.2, 0.25) is 5.91 Å². The number of sulfonamides is 1. The van der Waals surface area contributed by atoms with Gasteiger partial charge in [-0.2, -0.15) is 0 Å². The Morgan fingerprint density at radius 3 is 2.52 bits per heavy atom. The molecule has 7 heteroatoms. The molecule has 0 atom stereocenters. The Balaban J connectivity index is 1.60. The summed E-state index contributed by atoms with van der Waals surface area (Å²) >= 11 is 3.30. The molecule has 1 heterocycles. The molecule has 0 radical (unpaired) electrons. The molecule has 0 spiro atoms. The van der Waals surface area contributed by atoms with E-state index in [9.17, 15) is 13.2 Å². The lowest BCUT2D eigenvalue weighted by molar-refractivity contribution is -0.119. The fraction of sp³-hybridized carbons (Fsp3) is 0.278. The first-order chi connectivity index (χ1) is 11.9. The maximum Gasteiger partial charge on any atom is 0.261 e. The van der Waals surface area contributed by atoms with Crippen molar-refractivity contribution in [2.75, 3.05) is 16.2 Å². The van der Waals surface area contributed by atoms with Crippen LogP contribution in [0.3, 0.4) is 0 Å². The molecule has 4 rings (SSSR count). The highest BCUT2D eigenvalue weighted by atomic mass is 79.9. The number of halogens is 1. The lowest BCUT2D eigenvalue weighted by Crippen LogP contribution is -2.30. The van der Waals surface area contributed by atoms with Gasteiger partial charge in [-0.15, -0.1) is 0 Å². The van der Waals surface area contributed by atoms with Gasteiger partial charge in [-0.05, 0) is 61.2 Å². The summed E-state index contributed by atoms with van der Waals surface area (Å²) in [4.78, 5) is 14.4. The first kappa shape index (κ1) is 16.6. The zero-order chi connectivity index (χ0) is 17.6. The predicted octanol–water partition coefficient (Wildman–Crippen LogP) is 3.55. The molecular formula is C18H17BrN2O3S. The molecule has 0 aromatic heterocycles. The molecule has 2 aromatic carbocycles. The van der Waals surface area contributed by atoms with Gasteiger partial charge < -0.3 is 4.90 Å². The number of carbonyl (C=O) groups is 1.